The molecule has 2 unspecified atom stereocenters. The van der Waals surface area contributed by atoms with Crippen LogP contribution in [0.3, 0.4) is 0 Å². The number of anilines is 1. The minimum Gasteiger partial charge on any atom is -0.349 e. The van der Waals surface area contributed by atoms with Crippen molar-refractivity contribution in [1.29, 1.82) is 0 Å². The van der Waals surface area contributed by atoms with E-state index in [1.165, 1.54) is 11.3 Å². The summed E-state index contributed by atoms with van der Waals surface area (Å²) in [5.74, 6) is 0.684. The number of piperidine rings is 1. The number of hydrogen-bond donors (Lipinski definition) is 2. The number of amides is 1. The summed E-state index contributed by atoms with van der Waals surface area (Å²) in [6.45, 7) is 2.13. The van der Waals surface area contributed by atoms with Gasteiger partial charge in [-0.1, -0.05) is 29.3 Å². The topological polar surface area (TPSA) is 104 Å². The Morgan fingerprint density at radius 2 is 1.87 bits per heavy atom. The fourth-order valence-corrected chi connectivity index (χ4v) is 6.55. The lowest BCUT2D eigenvalue weighted by molar-refractivity contribution is -0.128. The third-order valence-corrected chi connectivity index (χ3v) is 8.63. The molecule has 5 heterocycles. The number of carbonyl (C=O) groups is 1. The molecule has 1 amide bonds. The monoisotopic (exact) mass is 556 g/mol. The number of aromatic nitrogens is 5. The predicted molar refractivity (Wildman–Crippen MR) is 150 cm³/mol. The number of nitrogens with zero attached hydrogens (tertiary/aromatic N) is 6. The molecule has 2 saturated heterocycles. The minimum absolute atomic E-state index is 0.0154. The molecule has 200 valence electrons. The van der Waals surface area contributed by atoms with Crippen molar-refractivity contribution in [2.24, 2.45) is 7.05 Å². The Bertz CT molecular complexity index is 1600. The number of piperazine rings is 1. The average molecular weight is 557 g/mol. The predicted octanol–water partition coefficient (Wildman–Crippen LogP) is 3.39. The van der Waals surface area contributed by atoms with Gasteiger partial charge in [-0.15, -0.1) is 0 Å². The first-order valence-electron chi connectivity index (χ1n) is 12.9. The van der Waals surface area contributed by atoms with Crippen LogP contribution in [0.1, 0.15) is 25.7 Å². The van der Waals surface area contributed by atoms with Gasteiger partial charge >= 0.3 is 0 Å². The second-order valence-electron chi connectivity index (χ2n) is 10.4. The van der Waals surface area contributed by atoms with Crippen molar-refractivity contribution in [3.8, 4) is 11.1 Å². The van der Waals surface area contributed by atoms with E-state index in [1.54, 1.807) is 36.6 Å². The van der Waals surface area contributed by atoms with Crippen LogP contribution in [-0.2, 0) is 18.4 Å². The first-order valence-corrected chi connectivity index (χ1v) is 13.6. The zero-order valence-electron chi connectivity index (χ0n) is 21.6. The Balaban J connectivity index is 1.42. The van der Waals surface area contributed by atoms with Crippen LogP contribution in [0.4, 0.5) is 5.95 Å². The summed E-state index contributed by atoms with van der Waals surface area (Å²) in [4.78, 5) is 37.8. The molecule has 1 aromatic carbocycles. The van der Waals surface area contributed by atoms with Crippen LogP contribution >= 0.6 is 23.2 Å². The van der Waals surface area contributed by atoms with Crippen molar-refractivity contribution in [2.45, 2.75) is 44.3 Å². The number of aromatic amines is 1. The molecule has 2 aliphatic heterocycles. The smallest absolute Gasteiger partial charge is 0.264 e. The van der Waals surface area contributed by atoms with E-state index in [4.69, 9.17) is 28.2 Å². The van der Waals surface area contributed by atoms with Gasteiger partial charge in [-0.25, -0.2) is 0 Å². The maximum absolute atomic E-state index is 13.8. The molecule has 2 fully saturated rings. The van der Waals surface area contributed by atoms with Crippen LogP contribution in [0.2, 0.25) is 10.2 Å². The maximum atomic E-state index is 13.8. The molecule has 0 spiro atoms. The van der Waals surface area contributed by atoms with Crippen molar-refractivity contribution in [3.05, 3.63) is 38.9 Å². The summed E-state index contributed by atoms with van der Waals surface area (Å²) in [7, 11) is 5.22. The highest BCUT2D eigenvalue weighted by atomic mass is 35.5. The largest absolute Gasteiger partial charge is 0.349 e. The van der Waals surface area contributed by atoms with E-state index >= 15 is 0 Å². The van der Waals surface area contributed by atoms with E-state index in [0.29, 0.717) is 67.8 Å². The number of benzene rings is 1. The molecular weight excluding hydrogens is 527 g/mol. The van der Waals surface area contributed by atoms with Gasteiger partial charge in [0.2, 0.25) is 11.9 Å². The molecule has 2 bridgehead atoms. The summed E-state index contributed by atoms with van der Waals surface area (Å²) < 4.78 is 3.26. The molecule has 12 heteroatoms. The molecule has 38 heavy (non-hydrogen) atoms. The number of halogens is 2. The Morgan fingerprint density at radius 3 is 2.58 bits per heavy atom. The molecule has 2 N–H and O–H groups in total. The summed E-state index contributed by atoms with van der Waals surface area (Å²) in [5.41, 5.74) is 2.37. The number of H-pyrrole nitrogens is 1. The lowest BCUT2D eigenvalue weighted by Gasteiger charge is -2.47. The van der Waals surface area contributed by atoms with Gasteiger partial charge in [0.1, 0.15) is 10.8 Å². The fraction of sp³-hybridized carbons (Fsp3) is 0.462. The third kappa shape index (κ3) is 3.97. The first-order chi connectivity index (χ1) is 18.3. The van der Waals surface area contributed by atoms with Gasteiger partial charge in [-0.3, -0.25) is 18.8 Å². The molecule has 0 saturated carbocycles. The third-order valence-electron chi connectivity index (χ3n) is 7.85. The van der Waals surface area contributed by atoms with Gasteiger partial charge in [-0.2, -0.15) is 10.1 Å². The Hall–Kier alpha value is -3.08. The molecule has 0 aliphatic carbocycles. The number of aryl methyl sites for hydroxylation is 1. The summed E-state index contributed by atoms with van der Waals surface area (Å²) >= 11 is 13.6. The second-order valence-corrected chi connectivity index (χ2v) is 11.1. The number of fused-ring (bicyclic) bond motifs is 4. The van der Waals surface area contributed by atoms with E-state index < -0.39 is 0 Å². The lowest BCUT2D eigenvalue weighted by atomic mass is 9.93. The highest BCUT2D eigenvalue weighted by Gasteiger charge is 2.36. The quantitative estimate of drug-likeness (QED) is 0.390. The van der Waals surface area contributed by atoms with Crippen molar-refractivity contribution in [3.63, 3.8) is 0 Å². The van der Waals surface area contributed by atoms with Gasteiger partial charge in [0.05, 0.1) is 27.9 Å². The summed E-state index contributed by atoms with van der Waals surface area (Å²) in [6, 6.07) is 4.34. The van der Waals surface area contributed by atoms with E-state index in [2.05, 4.69) is 20.3 Å². The van der Waals surface area contributed by atoms with Gasteiger partial charge in [0, 0.05) is 70.1 Å². The van der Waals surface area contributed by atoms with Gasteiger partial charge in [0.15, 0.2) is 0 Å². The number of nitrogens with one attached hydrogen (secondary N) is 2. The van der Waals surface area contributed by atoms with Crippen LogP contribution in [0.15, 0.2) is 23.1 Å². The van der Waals surface area contributed by atoms with Gasteiger partial charge in [0.25, 0.3) is 5.56 Å². The minimum atomic E-state index is -0.127. The van der Waals surface area contributed by atoms with Crippen LogP contribution in [0.25, 0.3) is 33.1 Å². The van der Waals surface area contributed by atoms with Crippen LogP contribution in [0.5, 0.6) is 0 Å². The molecular formula is C26H30Cl2N8O2. The zero-order valence-corrected chi connectivity index (χ0v) is 23.1. The molecule has 0 radical (unpaired) electrons. The molecule has 3 aromatic heterocycles. The normalized spacial score (nSPS) is 19.4. The fourth-order valence-electron chi connectivity index (χ4n) is 5.83. The molecule has 2 aliphatic rings. The molecule has 2 atom stereocenters. The highest BCUT2D eigenvalue weighted by molar-refractivity contribution is 6.43. The Morgan fingerprint density at radius 1 is 1.13 bits per heavy atom. The number of carbonyl (C=O) groups excluding carboxylic acids is 1. The SMILES string of the molecule is CN(C)C(=O)CCn1nc2ccc(-c3c[nH]c4nc(N5C6CCCC5CNC6)n(C)c(=O)c34)c(Cl)c2c1Cl. The number of hydrogen-bond acceptors (Lipinski definition) is 6. The maximum Gasteiger partial charge on any atom is 0.264 e. The average Bonchev–Trinajstić information content (AvgIpc) is 3.45. The van der Waals surface area contributed by atoms with Crippen LogP contribution in [0, 0.1) is 0 Å². The van der Waals surface area contributed by atoms with Gasteiger partial charge < -0.3 is 20.1 Å². The van der Waals surface area contributed by atoms with E-state index in [0.717, 1.165) is 25.9 Å². The van der Waals surface area contributed by atoms with E-state index in [9.17, 15) is 9.59 Å². The van der Waals surface area contributed by atoms with E-state index in [-0.39, 0.29) is 17.9 Å². The van der Waals surface area contributed by atoms with Crippen molar-refractivity contribution >= 4 is 57.0 Å². The van der Waals surface area contributed by atoms with Crippen molar-refractivity contribution < 1.29 is 4.79 Å². The Kier molecular flexibility index (Phi) is 6.36. The number of rotatable bonds is 5. The molecule has 10 nitrogen and oxygen atoms in total. The summed E-state index contributed by atoms with van der Waals surface area (Å²) in [6.07, 6.45) is 5.42. The molecule has 4 aromatic rings. The lowest BCUT2D eigenvalue weighted by Crippen LogP contribution is -2.61. The van der Waals surface area contributed by atoms with Crippen molar-refractivity contribution in [1.82, 2.24) is 34.5 Å². The standard InChI is InChI=1S/C26H30Cl2N8O2/c1-33(2)19(37)9-10-35-23(28)21-18(32-35)8-7-16(22(21)27)17-13-30-24-20(17)25(38)34(3)26(31-24)36-14-5-4-6-15(36)12-29-11-14/h7-8,13-15,29-30H,4-6,9-12H2,1-3H3. The van der Waals surface area contributed by atoms with Crippen LogP contribution < -0.4 is 15.8 Å². The second kappa shape index (κ2) is 9.59. The Labute approximate surface area is 229 Å². The first kappa shape index (κ1) is 25.2. The van der Waals surface area contributed by atoms with E-state index in [1.807, 2.05) is 12.1 Å². The van der Waals surface area contributed by atoms with Crippen LogP contribution in [-0.4, -0.2) is 74.4 Å². The zero-order chi connectivity index (χ0) is 26.7. The van der Waals surface area contributed by atoms with Gasteiger partial charge in [-0.05, 0) is 25.3 Å². The highest BCUT2D eigenvalue weighted by Crippen LogP contribution is 2.40. The molecule has 6 rings (SSSR count). The summed E-state index contributed by atoms with van der Waals surface area (Å²) in [5, 5.41) is 9.89. The van der Waals surface area contributed by atoms with Crippen molar-refractivity contribution in [2.75, 3.05) is 32.1 Å².